The summed E-state index contributed by atoms with van der Waals surface area (Å²) < 4.78 is 10.8. The summed E-state index contributed by atoms with van der Waals surface area (Å²) in [5.74, 6) is 1.96. The molecule has 5 nitrogen and oxygen atoms in total. The third-order valence-corrected chi connectivity index (χ3v) is 3.28. The third-order valence-electron chi connectivity index (χ3n) is 3.28. The van der Waals surface area contributed by atoms with Crippen molar-refractivity contribution in [3.8, 4) is 11.5 Å². The van der Waals surface area contributed by atoms with Crippen LogP contribution in [0.3, 0.4) is 0 Å². The molecule has 0 spiro atoms. The number of ether oxygens (including phenoxy) is 2. The molecule has 0 saturated carbocycles. The van der Waals surface area contributed by atoms with Crippen molar-refractivity contribution in [2.75, 3.05) is 19.0 Å². The van der Waals surface area contributed by atoms with Crippen molar-refractivity contribution in [3.63, 3.8) is 0 Å². The molecule has 0 bridgehead atoms. The fourth-order valence-electron chi connectivity index (χ4n) is 2.14. The average Bonchev–Trinajstić information content (AvgIpc) is 2.54. The zero-order chi connectivity index (χ0) is 16.7. The van der Waals surface area contributed by atoms with Crippen molar-refractivity contribution in [2.24, 2.45) is 10.7 Å². The van der Waals surface area contributed by atoms with E-state index in [1.54, 1.807) is 7.11 Å². The number of aliphatic imine (C=N–C) groups is 1. The quantitative estimate of drug-likeness (QED) is 0.634. The molecule has 122 valence electrons. The molecule has 2 aromatic carbocycles. The van der Waals surface area contributed by atoms with Gasteiger partial charge in [0.1, 0.15) is 11.5 Å². The lowest BCUT2D eigenvalue weighted by molar-refractivity contribution is 0.336. The summed E-state index contributed by atoms with van der Waals surface area (Å²) in [4.78, 5) is 4.38. The first-order valence-corrected chi connectivity index (χ1v) is 7.55. The highest BCUT2D eigenvalue weighted by Gasteiger charge is 2.04. The van der Waals surface area contributed by atoms with Crippen LogP contribution in [0.4, 0.5) is 5.69 Å². The predicted molar refractivity (Wildman–Crippen MR) is 94.3 cm³/mol. The Morgan fingerprint density at radius 3 is 2.78 bits per heavy atom. The lowest BCUT2D eigenvalue weighted by Gasteiger charge is -2.10. The number of methoxy groups -OCH3 is 1. The van der Waals surface area contributed by atoms with Crippen LogP contribution in [0.5, 0.6) is 11.5 Å². The Morgan fingerprint density at radius 2 is 2.04 bits per heavy atom. The van der Waals surface area contributed by atoms with Crippen molar-refractivity contribution in [1.29, 1.82) is 0 Å². The van der Waals surface area contributed by atoms with Gasteiger partial charge < -0.3 is 20.5 Å². The Labute approximate surface area is 137 Å². The lowest BCUT2D eigenvalue weighted by Crippen LogP contribution is -2.22. The van der Waals surface area contributed by atoms with Gasteiger partial charge in [-0.05, 0) is 37.6 Å². The van der Waals surface area contributed by atoms with Crippen LogP contribution in [0.2, 0.25) is 0 Å². The zero-order valence-corrected chi connectivity index (χ0v) is 13.8. The Morgan fingerprint density at radius 1 is 1.22 bits per heavy atom. The maximum atomic E-state index is 5.96. The van der Waals surface area contributed by atoms with E-state index in [0.29, 0.717) is 19.1 Å². The largest absolute Gasteiger partial charge is 0.497 e. The molecule has 2 aromatic rings. The minimum Gasteiger partial charge on any atom is -0.497 e. The molecule has 0 atom stereocenters. The van der Waals surface area contributed by atoms with Gasteiger partial charge in [0.2, 0.25) is 0 Å². The molecular weight excluding hydrogens is 290 g/mol. The minimum absolute atomic E-state index is 0.348. The van der Waals surface area contributed by atoms with E-state index in [-0.39, 0.29) is 0 Å². The van der Waals surface area contributed by atoms with Gasteiger partial charge in [-0.15, -0.1) is 0 Å². The number of anilines is 1. The molecule has 0 fully saturated rings. The minimum atomic E-state index is 0.348. The molecule has 0 amide bonds. The third kappa shape index (κ3) is 4.92. The van der Waals surface area contributed by atoms with Crippen molar-refractivity contribution in [1.82, 2.24) is 0 Å². The lowest BCUT2D eigenvalue weighted by atomic mass is 10.1. The highest BCUT2D eigenvalue weighted by molar-refractivity contribution is 5.92. The van der Waals surface area contributed by atoms with Crippen molar-refractivity contribution >= 4 is 11.6 Å². The van der Waals surface area contributed by atoms with Crippen molar-refractivity contribution in [3.05, 3.63) is 53.6 Å². The van der Waals surface area contributed by atoms with Gasteiger partial charge in [0.15, 0.2) is 5.96 Å². The molecule has 0 saturated heterocycles. The number of nitrogens with zero attached hydrogens (tertiary/aromatic N) is 1. The van der Waals surface area contributed by atoms with E-state index < -0.39 is 0 Å². The van der Waals surface area contributed by atoms with Gasteiger partial charge in [-0.2, -0.15) is 0 Å². The first-order chi connectivity index (χ1) is 11.1. The Hall–Kier alpha value is -2.69. The van der Waals surface area contributed by atoms with Crippen LogP contribution in [-0.4, -0.2) is 19.7 Å². The number of nitrogens with two attached hydrogens (primary N) is 1. The SMILES string of the molecule is CCOc1cc(C)ccc1CN=C(N)Nc1cccc(OC)c1. The fraction of sp³-hybridized carbons (Fsp3) is 0.278. The molecule has 0 aromatic heterocycles. The van der Waals surface area contributed by atoms with Gasteiger partial charge in [-0.3, -0.25) is 0 Å². The smallest absolute Gasteiger partial charge is 0.193 e. The second-order valence-electron chi connectivity index (χ2n) is 5.10. The Kier molecular flexibility index (Phi) is 5.86. The van der Waals surface area contributed by atoms with Crippen LogP contribution in [0.1, 0.15) is 18.1 Å². The molecule has 3 N–H and O–H groups in total. The van der Waals surface area contributed by atoms with Gasteiger partial charge >= 0.3 is 0 Å². The molecule has 0 aliphatic carbocycles. The average molecular weight is 313 g/mol. The zero-order valence-electron chi connectivity index (χ0n) is 13.8. The molecule has 0 aliphatic heterocycles. The van der Waals surface area contributed by atoms with Crippen molar-refractivity contribution < 1.29 is 9.47 Å². The van der Waals surface area contributed by atoms with Gasteiger partial charge in [-0.1, -0.05) is 18.2 Å². The maximum Gasteiger partial charge on any atom is 0.193 e. The number of benzene rings is 2. The van der Waals surface area contributed by atoms with Gasteiger partial charge in [0.25, 0.3) is 0 Å². The van der Waals surface area contributed by atoms with E-state index >= 15 is 0 Å². The van der Waals surface area contributed by atoms with E-state index in [9.17, 15) is 0 Å². The summed E-state index contributed by atoms with van der Waals surface area (Å²) in [6, 6.07) is 13.6. The van der Waals surface area contributed by atoms with Gasteiger partial charge in [-0.25, -0.2) is 4.99 Å². The van der Waals surface area contributed by atoms with Gasteiger partial charge in [0, 0.05) is 17.3 Å². The maximum absolute atomic E-state index is 5.96. The topological polar surface area (TPSA) is 68.9 Å². The molecule has 2 rings (SSSR count). The Bertz CT molecular complexity index is 684. The number of hydrogen-bond donors (Lipinski definition) is 2. The summed E-state index contributed by atoms with van der Waals surface area (Å²) in [6.45, 7) is 5.08. The van der Waals surface area contributed by atoms with E-state index in [2.05, 4.69) is 10.3 Å². The number of nitrogens with one attached hydrogen (secondary N) is 1. The predicted octanol–water partition coefficient (Wildman–Crippen LogP) is 3.33. The van der Waals surface area contributed by atoms with Crippen LogP contribution in [-0.2, 0) is 6.54 Å². The summed E-state index contributed by atoms with van der Waals surface area (Å²) in [7, 11) is 1.63. The van der Waals surface area contributed by atoms with Crippen LogP contribution < -0.4 is 20.5 Å². The molecule has 0 aliphatic rings. The monoisotopic (exact) mass is 313 g/mol. The molecule has 0 heterocycles. The molecule has 5 heteroatoms. The summed E-state index contributed by atoms with van der Waals surface area (Å²) in [6.07, 6.45) is 0. The second kappa shape index (κ2) is 8.08. The van der Waals surface area contributed by atoms with E-state index in [1.807, 2.05) is 56.3 Å². The standard InChI is InChI=1S/C18H23N3O2/c1-4-23-17-10-13(2)8-9-14(17)12-20-18(19)21-15-6-5-7-16(11-15)22-3/h5-11H,4,12H2,1-3H3,(H3,19,20,21). The first-order valence-electron chi connectivity index (χ1n) is 7.55. The molecule has 23 heavy (non-hydrogen) atoms. The second-order valence-corrected chi connectivity index (χ2v) is 5.10. The summed E-state index contributed by atoms with van der Waals surface area (Å²) in [5.41, 5.74) is 8.95. The first kappa shape index (κ1) is 16.7. The highest BCUT2D eigenvalue weighted by atomic mass is 16.5. The molecule has 0 radical (unpaired) electrons. The molecular formula is C18H23N3O2. The van der Waals surface area contributed by atoms with E-state index in [1.165, 1.54) is 0 Å². The Balaban J connectivity index is 2.07. The van der Waals surface area contributed by atoms with E-state index in [4.69, 9.17) is 15.2 Å². The van der Waals surface area contributed by atoms with Crippen LogP contribution in [0.15, 0.2) is 47.5 Å². The fourth-order valence-corrected chi connectivity index (χ4v) is 2.14. The number of guanidine groups is 1. The molecule has 0 unspecified atom stereocenters. The number of hydrogen-bond acceptors (Lipinski definition) is 3. The van der Waals surface area contributed by atoms with Crippen LogP contribution in [0.25, 0.3) is 0 Å². The summed E-state index contributed by atoms with van der Waals surface area (Å²) >= 11 is 0. The highest BCUT2D eigenvalue weighted by Crippen LogP contribution is 2.21. The van der Waals surface area contributed by atoms with E-state index in [0.717, 1.165) is 28.3 Å². The summed E-state index contributed by atoms with van der Waals surface area (Å²) in [5, 5.41) is 3.06. The van der Waals surface area contributed by atoms with Crippen molar-refractivity contribution in [2.45, 2.75) is 20.4 Å². The number of aryl methyl sites for hydroxylation is 1. The van der Waals surface area contributed by atoms with Crippen LogP contribution >= 0.6 is 0 Å². The van der Waals surface area contributed by atoms with Gasteiger partial charge in [0.05, 0.1) is 20.3 Å². The van der Waals surface area contributed by atoms with Crippen LogP contribution in [0, 0.1) is 6.92 Å². The normalized spacial score (nSPS) is 11.2. The number of rotatable bonds is 6.